The van der Waals surface area contributed by atoms with Gasteiger partial charge in [0.1, 0.15) is 15.5 Å². The highest BCUT2D eigenvalue weighted by atomic mass is 32.1. The van der Waals surface area contributed by atoms with E-state index in [4.69, 9.17) is 4.74 Å². The highest BCUT2D eigenvalue weighted by Gasteiger charge is 2.24. The predicted molar refractivity (Wildman–Crippen MR) is 104 cm³/mol. The van der Waals surface area contributed by atoms with Crippen LogP contribution in [0.4, 0.5) is 0 Å². The Labute approximate surface area is 161 Å². The number of carbonyl (C=O) groups excluding carboxylic acids is 2. The molecule has 0 radical (unpaired) electrons. The maximum absolute atomic E-state index is 12.9. The topological polar surface area (TPSA) is 81.5 Å². The van der Waals surface area contributed by atoms with E-state index in [1.54, 1.807) is 16.4 Å². The summed E-state index contributed by atoms with van der Waals surface area (Å²) < 4.78 is 6.96. The summed E-state index contributed by atoms with van der Waals surface area (Å²) in [7, 11) is 0. The maximum atomic E-state index is 12.9. The number of aromatic nitrogens is 2. The molecule has 0 aliphatic carbocycles. The number of carbonyl (C=O) groups is 2. The molecule has 1 amide bonds. The van der Waals surface area contributed by atoms with E-state index in [0.717, 1.165) is 31.5 Å². The van der Waals surface area contributed by atoms with Gasteiger partial charge in [0.25, 0.3) is 11.5 Å². The Morgan fingerprint density at radius 1 is 1.22 bits per heavy atom. The molecule has 0 bridgehead atoms. The summed E-state index contributed by atoms with van der Waals surface area (Å²) in [5.74, 6) is -0.00417. The lowest BCUT2D eigenvalue weighted by molar-refractivity contribution is -0.134. The molecule has 2 aromatic heterocycles. The minimum absolute atomic E-state index is 0.0797. The molecule has 2 aromatic rings. The zero-order valence-electron chi connectivity index (χ0n) is 16.0. The van der Waals surface area contributed by atoms with Crippen LogP contribution in [0.5, 0.6) is 0 Å². The van der Waals surface area contributed by atoms with Gasteiger partial charge >= 0.3 is 5.97 Å². The Kier molecular flexibility index (Phi) is 5.94. The molecule has 0 fully saturated rings. The Bertz CT molecular complexity index is 927. The van der Waals surface area contributed by atoms with Gasteiger partial charge in [-0.2, -0.15) is 0 Å². The average Bonchev–Trinajstić information content (AvgIpc) is 2.82. The standard InChI is InChI=1S/C19H25N3O4S/c1-4-21(5-2)14(23)11-26-19(25)16-12(3)15-17(27-16)20-13-9-7-6-8-10-22(13)18(15)24/h4-11H2,1-3H3. The second kappa shape index (κ2) is 8.21. The average molecular weight is 391 g/mol. The fraction of sp³-hybridized carbons (Fsp3) is 0.579. The Hall–Kier alpha value is -2.22. The van der Waals surface area contributed by atoms with Crippen molar-refractivity contribution in [2.75, 3.05) is 19.7 Å². The van der Waals surface area contributed by atoms with E-state index in [1.165, 1.54) is 11.3 Å². The molecule has 3 heterocycles. The van der Waals surface area contributed by atoms with Crippen molar-refractivity contribution in [2.45, 2.75) is 53.0 Å². The van der Waals surface area contributed by atoms with Crippen LogP contribution in [0.2, 0.25) is 0 Å². The molecule has 0 saturated carbocycles. The van der Waals surface area contributed by atoms with E-state index in [1.807, 2.05) is 13.8 Å². The van der Waals surface area contributed by atoms with Crippen LogP contribution in [0.1, 0.15) is 54.2 Å². The van der Waals surface area contributed by atoms with Crippen LogP contribution in [-0.4, -0.2) is 46.0 Å². The SMILES string of the molecule is CCN(CC)C(=O)COC(=O)c1sc2nc3n(c(=O)c2c1C)CCCCC3. The van der Waals surface area contributed by atoms with Crippen molar-refractivity contribution in [1.29, 1.82) is 0 Å². The molecule has 0 aromatic carbocycles. The second-order valence-corrected chi connectivity index (χ2v) is 7.67. The third-order valence-electron chi connectivity index (χ3n) is 5.04. The molecule has 3 rings (SSSR count). The van der Waals surface area contributed by atoms with E-state index < -0.39 is 5.97 Å². The number of thiophene rings is 1. The molecule has 0 N–H and O–H groups in total. The van der Waals surface area contributed by atoms with Crippen LogP contribution in [0.15, 0.2) is 4.79 Å². The lowest BCUT2D eigenvalue weighted by Gasteiger charge is -2.18. The second-order valence-electron chi connectivity index (χ2n) is 6.67. The first-order valence-corrected chi connectivity index (χ1v) is 10.3. The number of fused-ring (bicyclic) bond motifs is 2. The van der Waals surface area contributed by atoms with Gasteiger partial charge in [0.15, 0.2) is 6.61 Å². The van der Waals surface area contributed by atoms with Crippen molar-refractivity contribution in [3.05, 3.63) is 26.6 Å². The number of ether oxygens (including phenoxy) is 1. The summed E-state index contributed by atoms with van der Waals surface area (Å²) in [5, 5.41) is 0.493. The molecule has 1 aliphatic rings. The number of aryl methyl sites for hydroxylation is 2. The first-order valence-electron chi connectivity index (χ1n) is 9.45. The summed E-state index contributed by atoms with van der Waals surface area (Å²) in [6.07, 6.45) is 3.85. The fourth-order valence-electron chi connectivity index (χ4n) is 3.46. The van der Waals surface area contributed by atoms with Crippen LogP contribution in [0, 0.1) is 6.92 Å². The van der Waals surface area contributed by atoms with Gasteiger partial charge in [-0.25, -0.2) is 9.78 Å². The molecular formula is C19H25N3O4S. The van der Waals surface area contributed by atoms with Crippen LogP contribution >= 0.6 is 11.3 Å². The quantitative estimate of drug-likeness (QED) is 0.732. The zero-order valence-corrected chi connectivity index (χ0v) is 16.9. The van der Waals surface area contributed by atoms with Gasteiger partial charge in [-0.1, -0.05) is 6.42 Å². The van der Waals surface area contributed by atoms with Crippen molar-refractivity contribution < 1.29 is 14.3 Å². The van der Waals surface area contributed by atoms with E-state index in [-0.39, 0.29) is 18.1 Å². The monoisotopic (exact) mass is 391 g/mol. The van der Waals surface area contributed by atoms with E-state index in [0.29, 0.717) is 40.3 Å². The van der Waals surface area contributed by atoms with Crippen molar-refractivity contribution in [2.24, 2.45) is 0 Å². The number of hydrogen-bond acceptors (Lipinski definition) is 6. The van der Waals surface area contributed by atoms with Crippen LogP contribution in [0.25, 0.3) is 10.2 Å². The van der Waals surface area contributed by atoms with Crippen molar-refractivity contribution in [1.82, 2.24) is 14.5 Å². The Balaban J connectivity index is 1.88. The molecule has 8 heteroatoms. The van der Waals surface area contributed by atoms with Crippen LogP contribution in [-0.2, 0) is 22.5 Å². The number of hydrogen-bond donors (Lipinski definition) is 0. The first kappa shape index (κ1) is 19.5. The minimum Gasteiger partial charge on any atom is -0.451 e. The zero-order chi connectivity index (χ0) is 19.6. The number of nitrogens with zero attached hydrogens (tertiary/aromatic N) is 3. The molecule has 7 nitrogen and oxygen atoms in total. The molecule has 0 saturated heterocycles. The first-order chi connectivity index (χ1) is 13.0. The van der Waals surface area contributed by atoms with E-state index >= 15 is 0 Å². The minimum atomic E-state index is -0.574. The highest BCUT2D eigenvalue weighted by Crippen LogP contribution is 2.29. The summed E-state index contributed by atoms with van der Waals surface area (Å²) in [6, 6.07) is 0. The summed E-state index contributed by atoms with van der Waals surface area (Å²) in [5.41, 5.74) is 0.510. The molecule has 146 valence electrons. The third-order valence-corrected chi connectivity index (χ3v) is 6.21. The van der Waals surface area contributed by atoms with Gasteiger partial charge < -0.3 is 9.64 Å². The number of rotatable bonds is 5. The molecular weight excluding hydrogens is 366 g/mol. The van der Waals surface area contributed by atoms with E-state index in [9.17, 15) is 14.4 Å². The van der Waals surface area contributed by atoms with Gasteiger partial charge in [-0.3, -0.25) is 14.2 Å². The molecule has 0 unspecified atom stereocenters. The smallest absolute Gasteiger partial charge is 0.349 e. The third kappa shape index (κ3) is 3.76. The van der Waals surface area contributed by atoms with Gasteiger partial charge in [0, 0.05) is 26.1 Å². The summed E-state index contributed by atoms with van der Waals surface area (Å²) in [4.78, 5) is 44.7. The lowest BCUT2D eigenvalue weighted by Crippen LogP contribution is -2.34. The molecule has 0 spiro atoms. The van der Waals surface area contributed by atoms with Gasteiger partial charge in [-0.05, 0) is 39.2 Å². The number of esters is 1. The maximum Gasteiger partial charge on any atom is 0.349 e. The Morgan fingerprint density at radius 3 is 2.67 bits per heavy atom. The van der Waals surface area contributed by atoms with E-state index in [2.05, 4.69) is 4.98 Å². The van der Waals surface area contributed by atoms with Gasteiger partial charge in [0.2, 0.25) is 0 Å². The summed E-state index contributed by atoms with van der Waals surface area (Å²) >= 11 is 1.17. The molecule has 27 heavy (non-hydrogen) atoms. The van der Waals surface area contributed by atoms with Crippen molar-refractivity contribution in [3.8, 4) is 0 Å². The van der Waals surface area contributed by atoms with Crippen LogP contribution in [0.3, 0.4) is 0 Å². The Morgan fingerprint density at radius 2 is 1.96 bits per heavy atom. The van der Waals surface area contributed by atoms with Crippen molar-refractivity contribution in [3.63, 3.8) is 0 Å². The summed E-state index contributed by atoms with van der Waals surface area (Å²) in [6.45, 7) is 7.02. The number of likely N-dealkylation sites (N-methyl/N-ethyl adjacent to an activating group) is 1. The highest BCUT2D eigenvalue weighted by molar-refractivity contribution is 7.20. The number of amides is 1. The molecule has 0 atom stereocenters. The van der Waals surface area contributed by atoms with Crippen molar-refractivity contribution >= 4 is 33.4 Å². The van der Waals surface area contributed by atoms with Gasteiger partial charge in [0.05, 0.1) is 5.39 Å². The molecule has 1 aliphatic heterocycles. The predicted octanol–water partition coefficient (Wildman–Crippen LogP) is 2.52. The van der Waals surface area contributed by atoms with Crippen LogP contribution < -0.4 is 5.56 Å². The fourth-order valence-corrected chi connectivity index (χ4v) is 4.55. The lowest BCUT2D eigenvalue weighted by atomic mass is 10.2. The normalized spacial score (nSPS) is 13.9. The largest absolute Gasteiger partial charge is 0.451 e. The van der Waals surface area contributed by atoms with Gasteiger partial charge in [-0.15, -0.1) is 11.3 Å².